The first-order valence-electron chi connectivity index (χ1n) is 10.5. The summed E-state index contributed by atoms with van der Waals surface area (Å²) in [6, 6.07) is 7.56. The minimum Gasteiger partial charge on any atom is -0.497 e. The molecule has 2 aromatic rings. The Hall–Kier alpha value is -3.05. The van der Waals surface area contributed by atoms with Crippen molar-refractivity contribution in [3.8, 4) is 29.0 Å². The summed E-state index contributed by atoms with van der Waals surface area (Å²) in [6.45, 7) is 6.95. The average molecular weight is 426 g/mol. The van der Waals surface area contributed by atoms with E-state index < -0.39 is 0 Å². The van der Waals surface area contributed by atoms with E-state index >= 15 is 0 Å². The van der Waals surface area contributed by atoms with Gasteiger partial charge in [-0.25, -0.2) is 4.98 Å². The van der Waals surface area contributed by atoms with Gasteiger partial charge < -0.3 is 24.7 Å². The normalized spacial score (nSPS) is 16.3. The molecule has 3 rings (SSSR count). The van der Waals surface area contributed by atoms with E-state index in [9.17, 15) is 10.1 Å². The van der Waals surface area contributed by atoms with E-state index in [1.807, 2.05) is 25.1 Å². The number of H-pyrrole nitrogens is 1. The number of aryl methyl sites for hydroxylation is 1. The molecule has 0 aliphatic carbocycles. The number of amides is 1. The number of aromatic nitrogens is 2. The fourth-order valence-corrected chi connectivity index (χ4v) is 3.85. The Balaban J connectivity index is 1.69. The molecule has 8 heteroatoms. The molecule has 8 nitrogen and oxygen atoms in total. The summed E-state index contributed by atoms with van der Waals surface area (Å²) in [7, 11) is 3.24. The van der Waals surface area contributed by atoms with Crippen molar-refractivity contribution >= 4 is 5.91 Å². The summed E-state index contributed by atoms with van der Waals surface area (Å²) in [5.41, 5.74) is 2.43. The van der Waals surface area contributed by atoms with Gasteiger partial charge in [0.25, 0.3) is 0 Å². The van der Waals surface area contributed by atoms with Crippen LogP contribution in [0.4, 0.5) is 0 Å². The molecule has 1 saturated heterocycles. The molecule has 31 heavy (non-hydrogen) atoms. The molecule has 1 aromatic carbocycles. The highest BCUT2D eigenvalue weighted by Crippen LogP contribution is 2.29. The van der Waals surface area contributed by atoms with Gasteiger partial charge in [-0.15, -0.1) is 0 Å². The Kier molecular flexibility index (Phi) is 6.86. The van der Waals surface area contributed by atoms with Crippen molar-refractivity contribution in [1.29, 1.82) is 5.26 Å². The smallest absolute Gasteiger partial charge is 0.237 e. The number of carbonyl (C=O) groups is 1. The van der Waals surface area contributed by atoms with Gasteiger partial charge in [-0.3, -0.25) is 4.79 Å². The molecule has 1 aliphatic heterocycles. The number of aromatic amines is 1. The first-order valence-corrected chi connectivity index (χ1v) is 10.5. The molecule has 0 spiro atoms. The first kappa shape index (κ1) is 22.6. The zero-order chi connectivity index (χ0) is 22.6. The highest BCUT2D eigenvalue weighted by Gasteiger charge is 2.30. The largest absolute Gasteiger partial charge is 0.497 e. The van der Waals surface area contributed by atoms with Gasteiger partial charge in [-0.2, -0.15) is 5.26 Å². The number of hydrogen-bond donors (Lipinski definition) is 2. The lowest BCUT2D eigenvalue weighted by Crippen LogP contribution is -2.48. The van der Waals surface area contributed by atoms with E-state index in [0.29, 0.717) is 24.5 Å². The Morgan fingerprint density at radius 1 is 1.32 bits per heavy atom. The zero-order valence-electron chi connectivity index (χ0n) is 18.9. The van der Waals surface area contributed by atoms with Crippen molar-refractivity contribution in [2.75, 3.05) is 27.3 Å². The van der Waals surface area contributed by atoms with Crippen LogP contribution >= 0.6 is 0 Å². The Morgan fingerprint density at radius 2 is 2.00 bits per heavy atom. The van der Waals surface area contributed by atoms with Gasteiger partial charge in [0.2, 0.25) is 5.91 Å². The number of methoxy groups -OCH3 is 2. The molecule has 1 amide bonds. The van der Waals surface area contributed by atoms with Gasteiger partial charge >= 0.3 is 0 Å². The van der Waals surface area contributed by atoms with Crippen molar-refractivity contribution < 1.29 is 14.3 Å². The maximum absolute atomic E-state index is 12.6. The molecule has 1 aliphatic rings. The third-order valence-electron chi connectivity index (χ3n) is 5.66. The van der Waals surface area contributed by atoms with Crippen LogP contribution in [0.2, 0.25) is 0 Å². The zero-order valence-corrected chi connectivity index (χ0v) is 18.9. The Morgan fingerprint density at radius 3 is 2.61 bits per heavy atom. The lowest BCUT2D eigenvalue weighted by Gasteiger charge is -2.28. The second-order valence-corrected chi connectivity index (χ2v) is 8.55. The second kappa shape index (κ2) is 9.40. The molecule has 1 fully saturated rings. The summed E-state index contributed by atoms with van der Waals surface area (Å²) < 4.78 is 10.7. The Labute approximate surface area is 183 Å². The quantitative estimate of drug-likeness (QED) is 0.674. The number of nitriles is 1. The van der Waals surface area contributed by atoms with E-state index in [2.05, 4.69) is 30.2 Å². The molecule has 0 unspecified atom stereocenters. The highest BCUT2D eigenvalue weighted by molar-refractivity contribution is 5.79. The van der Waals surface area contributed by atoms with E-state index in [0.717, 1.165) is 35.6 Å². The van der Waals surface area contributed by atoms with Crippen LogP contribution in [0.1, 0.15) is 38.1 Å². The molecule has 1 atom stereocenters. The maximum atomic E-state index is 12.6. The van der Waals surface area contributed by atoms with Crippen molar-refractivity contribution in [2.45, 2.75) is 51.6 Å². The predicted molar refractivity (Wildman–Crippen MR) is 118 cm³/mol. The van der Waals surface area contributed by atoms with Gasteiger partial charge in [0.1, 0.15) is 23.4 Å². The molecule has 166 valence electrons. The lowest BCUT2D eigenvalue weighted by atomic mass is 9.97. The van der Waals surface area contributed by atoms with Gasteiger partial charge in [0.05, 0.1) is 32.5 Å². The van der Waals surface area contributed by atoms with Crippen molar-refractivity contribution in [3.05, 3.63) is 29.6 Å². The van der Waals surface area contributed by atoms with Crippen molar-refractivity contribution in [1.82, 2.24) is 20.2 Å². The monoisotopic (exact) mass is 425 g/mol. The molecule has 2 heterocycles. The standard InChI is InChI=1S/C23H31N5O3/c1-15-20(27-22(26-15)16-9-18(30-4)11-19(10-16)31-5)12-23(2,3)25-14-21(29)28-8-6-7-17(28)13-24/h9-11,17,25H,6-8,12,14H2,1-5H3,(H,26,27)/t17-/m0/s1. The summed E-state index contributed by atoms with van der Waals surface area (Å²) >= 11 is 0. The summed E-state index contributed by atoms with van der Waals surface area (Å²) in [5, 5.41) is 12.6. The fraction of sp³-hybridized carbons (Fsp3) is 0.522. The summed E-state index contributed by atoms with van der Waals surface area (Å²) in [6.07, 6.45) is 2.29. The fourth-order valence-electron chi connectivity index (χ4n) is 3.85. The number of hydrogen-bond acceptors (Lipinski definition) is 6. The van der Waals surface area contributed by atoms with Crippen LogP contribution < -0.4 is 14.8 Å². The van der Waals surface area contributed by atoms with Crippen LogP contribution in [0, 0.1) is 18.3 Å². The number of nitrogens with zero attached hydrogens (tertiary/aromatic N) is 3. The number of ether oxygens (including phenoxy) is 2. The summed E-state index contributed by atoms with van der Waals surface area (Å²) in [5.74, 6) is 2.11. The van der Waals surface area contributed by atoms with Crippen LogP contribution in [-0.2, 0) is 11.2 Å². The molecule has 1 aromatic heterocycles. The average Bonchev–Trinajstić information content (AvgIpc) is 3.38. The number of nitrogens with one attached hydrogen (secondary N) is 2. The van der Waals surface area contributed by atoms with E-state index in [1.165, 1.54) is 0 Å². The minimum absolute atomic E-state index is 0.0277. The number of benzene rings is 1. The second-order valence-electron chi connectivity index (χ2n) is 8.55. The number of likely N-dealkylation sites (tertiary alicyclic amines) is 1. The van der Waals surface area contributed by atoms with Crippen molar-refractivity contribution in [2.24, 2.45) is 0 Å². The molecule has 0 saturated carbocycles. The van der Waals surface area contributed by atoms with E-state index in [-0.39, 0.29) is 24.0 Å². The first-order chi connectivity index (χ1) is 14.8. The molecular formula is C23H31N5O3. The number of rotatable bonds is 8. The van der Waals surface area contributed by atoms with Crippen molar-refractivity contribution in [3.63, 3.8) is 0 Å². The molecule has 0 bridgehead atoms. The number of imidazole rings is 1. The van der Waals surface area contributed by atoms with Gasteiger partial charge in [0.15, 0.2) is 0 Å². The van der Waals surface area contributed by atoms with Crippen LogP contribution in [-0.4, -0.2) is 59.7 Å². The molecular weight excluding hydrogens is 394 g/mol. The summed E-state index contributed by atoms with van der Waals surface area (Å²) in [4.78, 5) is 22.4. The third kappa shape index (κ3) is 5.36. The molecule has 0 radical (unpaired) electrons. The van der Waals surface area contributed by atoms with Crippen LogP contribution in [0.5, 0.6) is 11.5 Å². The maximum Gasteiger partial charge on any atom is 0.237 e. The minimum atomic E-state index is -0.346. The van der Waals surface area contributed by atoms with Gasteiger partial charge in [-0.05, 0) is 45.7 Å². The number of carbonyl (C=O) groups excluding carboxylic acids is 1. The Bertz CT molecular complexity index is 954. The van der Waals surface area contributed by atoms with Gasteiger partial charge in [-0.1, -0.05) is 0 Å². The SMILES string of the molecule is COc1cc(OC)cc(-c2nc(CC(C)(C)NCC(=O)N3CCC[C@H]3C#N)c(C)[nH]2)c1. The third-order valence-corrected chi connectivity index (χ3v) is 5.66. The van der Waals surface area contributed by atoms with E-state index in [1.54, 1.807) is 19.1 Å². The topological polar surface area (TPSA) is 103 Å². The van der Waals surface area contributed by atoms with Crippen LogP contribution in [0.15, 0.2) is 18.2 Å². The van der Waals surface area contributed by atoms with Crippen LogP contribution in [0.25, 0.3) is 11.4 Å². The van der Waals surface area contributed by atoms with E-state index in [4.69, 9.17) is 14.5 Å². The lowest BCUT2D eigenvalue weighted by molar-refractivity contribution is -0.130. The highest BCUT2D eigenvalue weighted by atomic mass is 16.5. The molecule has 2 N–H and O–H groups in total. The van der Waals surface area contributed by atoms with Gasteiger partial charge in [0, 0.05) is 35.8 Å². The van der Waals surface area contributed by atoms with Crippen LogP contribution in [0.3, 0.4) is 0 Å². The predicted octanol–water partition coefficient (Wildman–Crippen LogP) is 2.83.